The first-order chi connectivity index (χ1) is 19.1. The number of fused-ring (bicyclic) bond motifs is 1. The smallest absolute Gasteiger partial charge is 0.155 e. The van der Waals surface area contributed by atoms with Gasteiger partial charge in [-0.25, -0.2) is 14.5 Å². The zero-order valence-corrected chi connectivity index (χ0v) is 22.0. The first-order valence-electron chi connectivity index (χ1n) is 13.0. The van der Waals surface area contributed by atoms with Gasteiger partial charge in [-0.3, -0.25) is 9.88 Å². The molecule has 0 radical (unpaired) electrons. The fourth-order valence-electron chi connectivity index (χ4n) is 4.95. The number of hydrogen-bond donors (Lipinski definition) is 1. The zero-order chi connectivity index (χ0) is 26.8. The van der Waals surface area contributed by atoms with E-state index in [2.05, 4.69) is 30.9 Å². The van der Waals surface area contributed by atoms with Gasteiger partial charge in [0, 0.05) is 49.8 Å². The molecule has 0 unspecified atom stereocenters. The maximum atomic E-state index is 9.54. The van der Waals surface area contributed by atoms with Crippen LogP contribution in [0.1, 0.15) is 22.6 Å². The van der Waals surface area contributed by atoms with Gasteiger partial charge in [-0.2, -0.15) is 10.4 Å². The van der Waals surface area contributed by atoms with E-state index in [-0.39, 0.29) is 0 Å². The van der Waals surface area contributed by atoms with Crippen LogP contribution in [0.3, 0.4) is 0 Å². The van der Waals surface area contributed by atoms with Crippen LogP contribution in [0.5, 0.6) is 0 Å². The minimum atomic E-state index is 0.478. The molecule has 4 aromatic heterocycles. The lowest BCUT2D eigenvalue weighted by Crippen LogP contribution is -2.35. The molecule has 0 amide bonds. The second-order valence-corrected chi connectivity index (χ2v) is 9.65. The number of nitrogens with zero attached hydrogens (tertiary/aromatic N) is 8. The number of rotatable bonds is 7. The number of pyridine rings is 2. The number of anilines is 1. The van der Waals surface area contributed by atoms with E-state index in [0.717, 1.165) is 83.9 Å². The van der Waals surface area contributed by atoms with Crippen LogP contribution in [-0.2, 0) is 24.9 Å². The molecule has 0 aliphatic carbocycles. The summed E-state index contributed by atoms with van der Waals surface area (Å²) in [6.07, 6.45) is 3.48. The van der Waals surface area contributed by atoms with Crippen LogP contribution in [0.2, 0.25) is 0 Å². The lowest BCUT2D eigenvalue weighted by atomic mass is 10.1. The standard InChI is InChI=1S/C29H29N9O/c1-20-4-3-5-24(34-20)29-28(23-8-9-26-32-19-33-38(26)18-23)35-27(36(29)2)16-31-25-14-21(15-30)6-7-22(25)17-37-10-12-39-13-11-37/h3-9,14,18-19,31H,10-13,16-17H2,1-2H3. The molecule has 1 aliphatic rings. The Labute approximate surface area is 226 Å². The van der Waals surface area contributed by atoms with Gasteiger partial charge in [-0.15, -0.1) is 0 Å². The molecule has 10 nitrogen and oxygen atoms in total. The van der Waals surface area contributed by atoms with Crippen LogP contribution in [-0.4, -0.2) is 60.3 Å². The Hall–Kier alpha value is -4.59. The maximum absolute atomic E-state index is 9.54. The fraction of sp³-hybridized carbons (Fsp3) is 0.276. The highest BCUT2D eigenvalue weighted by atomic mass is 16.5. The molecule has 0 spiro atoms. The van der Waals surface area contributed by atoms with Gasteiger partial charge in [0.15, 0.2) is 5.65 Å². The third kappa shape index (κ3) is 5.10. The number of benzene rings is 1. The van der Waals surface area contributed by atoms with Gasteiger partial charge in [-0.1, -0.05) is 12.1 Å². The Bertz CT molecular complexity index is 1670. The van der Waals surface area contributed by atoms with Gasteiger partial charge < -0.3 is 14.6 Å². The Morgan fingerprint density at radius 3 is 2.77 bits per heavy atom. The monoisotopic (exact) mass is 519 g/mol. The van der Waals surface area contributed by atoms with Crippen LogP contribution in [0.15, 0.2) is 61.1 Å². The minimum Gasteiger partial charge on any atom is -0.379 e. The summed E-state index contributed by atoms with van der Waals surface area (Å²) in [5.41, 5.74) is 7.93. The normalized spacial score (nSPS) is 14.0. The highest BCUT2D eigenvalue weighted by Gasteiger charge is 2.20. The zero-order valence-electron chi connectivity index (χ0n) is 22.0. The predicted molar refractivity (Wildman–Crippen MR) is 148 cm³/mol. The summed E-state index contributed by atoms with van der Waals surface area (Å²) in [5.74, 6) is 0.849. The number of hydrogen-bond acceptors (Lipinski definition) is 8. The number of nitrogens with one attached hydrogen (secondary N) is 1. The average Bonchev–Trinajstić information content (AvgIpc) is 3.56. The van der Waals surface area contributed by atoms with Crippen LogP contribution in [0.4, 0.5) is 5.69 Å². The molecule has 0 saturated carbocycles. The number of imidazole rings is 1. The Morgan fingerprint density at radius 1 is 1.08 bits per heavy atom. The Balaban J connectivity index is 1.36. The molecule has 5 aromatic rings. The number of morpholine rings is 1. The van der Waals surface area contributed by atoms with Crippen molar-refractivity contribution in [3.8, 4) is 28.7 Å². The van der Waals surface area contributed by atoms with E-state index in [9.17, 15) is 5.26 Å². The molecule has 196 valence electrons. The largest absolute Gasteiger partial charge is 0.379 e. The molecule has 10 heteroatoms. The average molecular weight is 520 g/mol. The molecule has 1 aliphatic heterocycles. The van der Waals surface area contributed by atoms with Crippen molar-refractivity contribution in [2.45, 2.75) is 20.0 Å². The quantitative estimate of drug-likeness (QED) is 0.346. The van der Waals surface area contributed by atoms with Gasteiger partial charge in [0.25, 0.3) is 0 Å². The summed E-state index contributed by atoms with van der Waals surface area (Å²) in [6, 6.07) is 18.1. The first kappa shape index (κ1) is 24.7. The van der Waals surface area contributed by atoms with Crippen LogP contribution < -0.4 is 5.32 Å². The molecule has 0 bridgehead atoms. The summed E-state index contributed by atoms with van der Waals surface area (Å²) >= 11 is 0. The van der Waals surface area contributed by atoms with E-state index in [1.807, 2.05) is 68.7 Å². The number of aryl methyl sites for hydroxylation is 1. The number of nitriles is 1. The van der Waals surface area contributed by atoms with E-state index in [1.165, 1.54) is 0 Å². The van der Waals surface area contributed by atoms with Crippen molar-refractivity contribution >= 4 is 11.3 Å². The summed E-state index contributed by atoms with van der Waals surface area (Å²) in [4.78, 5) is 16.5. The van der Waals surface area contributed by atoms with Gasteiger partial charge in [0.1, 0.15) is 12.2 Å². The van der Waals surface area contributed by atoms with E-state index in [4.69, 9.17) is 14.7 Å². The van der Waals surface area contributed by atoms with E-state index < -0.39 is 0 Å². The van der Waals surface area contributed by atoms with E-state index in [0.29, 0.717) is 12.1 Å². The SMILES string of the molecule is Cc1cccc(-c2c(-c3ccc4ncnn4c3)nc(CNc3cc(C#N)ccc3CN3CCOCC3)n2C)n1. The highest BCUT2D eigenvalue weighted by Crippen LogP contribution is 2.32. The lowest BCUT2D eigenvalue weighted by molar-refractivity contribution is 0.0342. The van der Waals surface area contributed by atoms with Crippen molar-refractivity contribution in [2.24, 2.45) is 7.05 Å². The van der Waals surface area contributed by atoms with Gasteiger partial charge in [0.05, 0.1) is 48.5 Å². The van der Waals surface area contributed by atoms with Gasteiger partial charge in [-0.05, 0) is 48.9 Å². The van der Waals surface area contributed by atoms with Crippen molar-refractivity contribution in [2.75, 3.05) is 31.6 Å². The first-order valence-corrected chi connectivity index (χ1v) is 13.0. The lowest BCUT2D eigenvalue weighted by Gasteiger charge is -2.27. The maximum Gasteiger partial charge on any atom is 0.155 e. The molecule has 6 rings (SSSR count). The summed E-state index contributed by atoms with van der Waals surface area (Å²) < 4.78 is 9.35. The number of aromatic nitrogens is 6. The molecule has 1 saturated heterocycles. The second-order valence-electron chi connectivity index (χ2n) is 9.65. The van der Waals surface area contributed by atoms with E-state index >= 15 is 0 Å². The van der Waals surface area contributed by atoms with Crippen molar-refractivity contribution in [1.29, 1.82) is 5.26 Å². The van der Waals surface area contributed by atoms with Gasteiger partial charge in [0.2, 0.25) is 0 Å². The summed E-state index contributed by atoms with van der Waals surface area (Å²) in [7, 11) is 2.02. The third-order valence-electron chi connectivity index (χ3n) is 7.04. The minimum absolute atomic E-state index is 0.478. The molecule has 5 heterocycles. The molecule has 39 heavy (non-hydrogen) atoms. The van der Waals surface area contributed by atoms with E-state index in [1.54, 1.807) is 10.8 Å². The molecule has 1 N–H and O–H groups in total. The Kier molecular flexibility index (Phi) is 6.75. The van der Waals surface area contributed by atoms with Crippen LogP contribution >= 0.6 is 0 Å². The fourth-order valence-corrected chi connectivity index (χ4v) is 4.95. The Morgan fingerprint density at radius 2 is 1.95 bits per heavy atom. The molecular weight excluding hydrogens is 490 g/mol. The highest BCUT2D eigenvalue weighted by molar-refractivity contribution is 5.77. The van der Waals surface area contributed by atoms with Crippen LogP contribution in [0.25, 0.3) is 28.3 Å². The summed E-state index contributed by atoms with van der Waals surface area (Å²) in [5, 5.41) is 17.4. The van der Waals surface area contributed by atoms with Gasteiger partial charge >= 0.3 is 0 Å². The van der Waals surface area contributed by atoms with Crippen molar-refractivity contribution in [1.82, 2.24) is 34.0 Å². The molecule has 1 aromatic carbocycles. The number of ether oxygens (including phenoxy) is 1. The third-order valence-corrected chi connectivity index (χ3v) is 7.04. The molecule has 0 atom stereocenters. The van der Waals surface area contributed by atoms with Crippen molar-refractivity contribution in [3.05, 3.63) is 83.7 Å². The predicted octanol–water partition coefficient (Wildman–Crippen LogP) is 3.82. The second kappa shape index (κ2) is 10.6. The molecule has 1 fully saturated rings. The topological polar surface area (TPSA) is 109 Å². The van der Waals surface area contributed by atoms with Crippen LogP contribution in [0, 0.1) is 18.3 Å². The van der Waals surface area contributed by atoms with Crippen molar-refractivity contribution < 1.29 is 4.74 Å². The summed E-state index contributed by atoms with van der Waals surface area (Å²) in [6.45, 7) is 6.53. The van der Waals surface area contributed by atoms with Crippen molar-refractivity contribution in [3.63, 3.8) is 0 Å². The molecular formula is C29H29N9O.